The molecule has 0 saturated carbocycles. The van der Waals surface area contributed by atoms with E-state index in [1.54, 1.807) is 6.07 Å². The molecule has 1 aromatic rings. The molecule has 0 aliphatic heterocycles. The monoisotopic (exact) mass is 153 g/mol. The predicted octanol–water partition coefficient (Wildman–Crippen LogP) is -0.290. The lowest BCUT2D eigenvalue weighted by molar-refractivity contribution is -0.394. The van der Waals surface area contributed by atoms with Crippen molar-refractivity contribution in [2.45, 2.75) is 6.54 Å². The molecule has 0 fully saturated rings. The van der Waals surface area contributed by atoms with Gasteiger partial charge >= 0.3 is 5.95 Å². The van der Waals surface area contributed by atoms with E-state index in [1.165, 1.54) is 0 Å². The fourth-order valence-electron chi connectivity index (χ4n) is 0.517. The molecule has 1 rings (SSSR count). The summed E-state index contributed by atoms with van der Waals surface area (Å²) in [6.07, 6.45) is 1.14. The molecule has 56 valence electrons. The molecule has 0 unspecified atom stereocenters. The maximum atomic E-state index is 10.0. The highest BCUT2D eigenvalue weighted by Gasteiger charge is 2.11. The van der Waals surface area contributed by atoms with Gasteiger partial charge in [-0.25, -0.2) is 0 Å². The Bertz CT molecular complexity index is 311. The van der Waals surface area contributed by atoms with E-state index in [0.29, 0.717) is 0 Å². The highest BCUT2D eigenvalue weighted by Crippen LogP contribution is 1.98. The highest BCUT2D eigenvalue weighted by molar-refractivity contribution is 4.97. The minimum absolute atomic E-state index is 0.0269. The number of nitriles is 1. The first-order valence-corrected chi connectivity index (χ1v) is 2.65. The molecule has 7 heteroatoms. The fourth-order valence-corrected chi connectivity index (χ4v) is 0.517. The second kappa shape index (κ2) is 2.74. The van der Waals surface area contributed by atoms with E-state index in [2.05, 4.69) is 10.1 Å². The SMILES string of the molecule is N#CCn1cnc([N+](=O)[O-])n1. The van der Waals surface area contributed by atoms with Gasteiger partial charge in [0.2, 0.25) is 6.33 Å². The Balaban J connectivity index is 2.83. The van der Waals surface area contributed by atoms with E-state index in [9.17, 15) is 10.1 Å². The molecule has 7 nitrogen and oxygen atoms in total. The van der Waals surface area contributed by atoms with E-state index >= 15 is 0 Å². The Morgan fingerprint density at radius 1 is 1.91 bits per heavy atom. The van der Waals surface area contributed by atoms with Crippen molar-refractivity contribution < 1.29 is 4.92 Å². The quantitative estimate of drug-likeness (QED) is 0.429. The van der Waals surface area contributed by atoms with Crippen LogP contribution in [0.5, 0.6) is 0 Å². The molecule has 1 heterocycles. The Hall–Kier alpha value is -1.97. The third-order valence-electron chi connectivity index (χ3n) is 0.920. The zero-order valence-electron chi connectivity index (χ0n) is 5.34. The van der Waals surface area contributed by atoms with Crippen LogP contribution in [-0.4, -0.2) is 19.7 Å². The van der Waals surface area contributed by atoms with E-state index in [-0.39, 0.29) is 6.54 Å². The molecule has 0 bridgehead atoms. The average Bonchev–Trinajstić information content (AvgIpc) is 2.37. The van der Waals surface area contributed by atoms with Crippen molar-refractivity contribution >= 4 is 5.95 Å². The van der Waals surface area contributed by atoms with Gasteiger partial charge < -0.3 is 10.1 Å². The molecule has 0 atom stereocenters. The third-order valence-corrected chi connectivity index (χ3v) is 0.920. The van der Waals surface area contributed by atoms with Gasteiger partial charge in [0.1, 0.15) is 6.54 Å². The predicted molar refractivity (Wildman–Crippen MR) is 32.3 cm³/mol. The van der Waals surface area contributed by atoms with Crippen LogP contribution in [0.2, 0.25) is 0 Å². The maximum absolute atomic E-state index is 10.0. The van der Waals surface area contributed by atoms with E-state index in [1.807, 2.05) is 0 Å². The Kier molecular flexibility index (Phi) is 1.78. The smallest absolute Gasteiger partial charge is 0.390 e. The summed E-state index contributed by atoms with van der Waals surface area (Å²) in [4.78, 5) is 12.6. The molecule has 0 saturated heterocycles. The second-order valence-corrected chi connectivity index (χ2v) is 1.66. The first-order valence-electron chi connectivity index (χ1n) is 2.65. The number of hydrogen-bond donors (Lipinski definition) is 0. The average molecular weight is 153 g/mol. The van der Waals surface area contributed by atoms with Crippen LogP contribution in [0.3, 0.4) is 0 Å². The number of hydrogen-bond acceptors (Lipinski definition) is 5. The molecule has 0 radical (unpaired) electrons. The molecule has 0 aromatic carbocycles. The van der Waals surface area contributed by atoms with Crippen LogP contribution in [0.25, 0.3) is 0 Å². The maximum Gasteiger partial charge on any atom is 0.490 e. The van der Waals surface area contributed by atoms with Gasteiger partial charge in [0, 0.05) is 5.10 Å². The summed E-state index contributed by atoms with van der Waals surface area (Å²) in [6, 6.07) is 1.77. The molecule has 0 amide bonds. The summed E-state index contributed by atoms with van der Waals surface area (Å²) in [5.41, 5.74) is 0. The van der Waals surface area contributed by atoms with Crippen LogP contribution in [-0.2, 0) is 6.54 Å². The minimum atomic E-state index is -0.714. The lowest BCUT2D eigenvalue weighted by Gasteiger charge is -1.83. The fraction of sp³-hybridized carbons (Fsp3) is 0.250. The lowest BCUT2D eigenvalue weighted by Crippen LogP contribution is -1.97. The first-order chi connectivity index (χ1) is 5.24. The van der Waals surface area contributed by atoms with Crippen molar-refractivity contribution in [3.8, 4) is 6.07 Å². The number of nitrogens with zero attached hydrogens (tertiary/aromatic N) is 5. The topological polar surface area (TPSA) is 97.6 Å². The van der Waals surface area contributed by atoms with Crippen LogP contribution in [0.15, 0.2) is 6.33 Å². The van der Waals surface area contributed by atoms with Gasteiger partial charge in [-0.15, -0.1) is 0 Å². The summed E-state index contributed by atoms with van der Waals surface area (Å²) in [6.45, 7) is -0.0269. The van der Waals surface area contributed by atoms with E-state index in [0.717, 1.165) is 11.0 Å². The van der Waals surface area contributed by atoms with Gasteiger partial charge in [0.25, 0.3) is 0 Å². The molecule has 0 spiro atoms. The zero-order chi connectivity index (χ0) is 8.27. The molecular formula is C4H3N5O2. The van der Waals surface area contributed by atoms with Crippen LogP contribution in [0.1, 0.15) is 0 Å². The van der Waals surface area contributed by atoms with E-state index in [4.69, 9.17) is 5.26 Å². The minimum Gasteiger partial charge on any atom is -0.390 e. The van der Waals surface area contributed by atoms with Crippen molar-refractivity contribution in [1.82, 2.24) is 14.8 Å². The van der Waals surface area contributed by atoms with Gasteiger partial charge in [-0.2, -0.15) is 9.94 Å². The van der Waals surface area contributed by atoms with Gasteiger partial charge in [0.15, 0.2) is 0 Å². The molecule has 0 aliphatic rings. The Labute approximate surface area is 61.0 Å². The summed E-state index contributed by atoms with van der Waals surface area (Å²) in [5.74, 6) is -0.486. The van der Waals surface area contributed by atoms with Crippen molar-refractivity contribution in [3.05, 3.63) is 16.4 Å². The van der Waals surface area contributed by atoms with Gasteiger partial charge in [-0.1, -0.05) is 4.98 Å². The van der Waals surface area contributed by atoms with Crippen LogP contribution < -0.4 is 0 Å². The number of nitro groups is 1. The van der Waals surface area contributed by atoms with Crippen molar-refractivity contribution in [2.75, 3.05) is 0 Å². The Morgan fingerprint density at radius 3 is 3.09 bits per heavy atom. The molecule has 0 aliphatic carbocycles. The standard InChI is InChI=1S/C4H3N5O2/c5-1-2-8-3-6-4(7-8)9(10)11/h3H,2H2. The summed E-state index contributed by atoms with van der Waals surface area (Å²) in [7, 11) is 0. The number of rotatable bonds is 2. The molecule has 11 heavy (non-hydrogen) atoms. The normalized spacial score (nSPS) is 9.00. The highest BCUT2D eigenvalue weighted by atomic mass is 16.6. The van der Waals surface area contributed by atoms with Crippen LogP contribution in [0.4, 0.5) is 5.95 Å². The third kappa shape index (κ3) is 1.48. The summed E-state index contributed by atoms with van der Waals surface area (Å²) >= 11 is 0. The van der Waals surface area contributed by atoms with Gasteiger partial charge in [-0.05, 0) is 4.92 Å². The van der Waals surface area contributed by atoms with E-state index < -0.39 is 10.9 Å². The first kappa shape index (κ1) is 7.14. The van der Waals surface area contributed by atoms with Crippen LogP contribution in [0, 0.1) is 21.4 Å². The van der Waals surface area contributed by atoms with Crippen LogP contribution >= 0.6 is 0 Å². The number of aromatic nitrogens is 3. The lowest BCUT2D eigenvalue weighted by atomic mass is 10.7. The second-order valence-electron chi connectivity index (χ2n) is 1.66. The zero-order valence-corrected chi connectivity index (χ0v) is 5.34. The summed E-state index contributed by atoms with van der Waals surface area (Å²) in [5, 5.41) is 21.5. The molecular weight excluding hydrogens is 150 g/mol. The van der Waals surface area contributed by atoms with Gasteiger partial charge in [0.05, 0.1) is 6.07 Å². The Morgan fingerprint density at radius 2 is 2.64 bits per heavy atom. The largest absolute Gasteiger partial charge is 0.490 e. The molecule has 0 N–H and O–H groups in total. The van der Waals surface area contributed by atoms with Crippen molar-refractivity contribution in [2.24, 2.45) is 0 Å². The summed E-state index contributed by atoms with van der Waals surface area (Å²) < 4.78 is 1.10. The van der Waals surface area contributed by atoms with Crippen molar-refractivity contribution in [3.63, 3.8) is 0 Å². The van der Waals surface area contributed by atoms with Crippen molar-refractivity contribution in [1.29, 1.82) is 5.26 Å². The van der Waals surface area contributed by atoms with Gasteiger partial charge in [-0.3, -0.25) is 0 Å². The molecule has 1 aromatic heterocycles.